The van der Waals surface area contributed by atoms with Crippen molar-refractivity contribution in [3.8, 4) is 5.75 Å². The molecule has 4 rings (SSSR count). The van der Waals surface area contributed by atoms with E-state index >= 15 is 0 Å². The van der Waals surface area contributed by atoms with Crippen molar-refractivity contribution in [1.82, 2.24) is 34.7 Å². The lowest BCUT2D eigenvalue weighted by Crippen LogP contribution is -2.61. The summed E-state index contributed by atoms with van der Waals surface area (Å²) in [6, 6.07) is 9.70. The number of hydrogen-bond acceptors (Lipinski definition) is 9. The molecule has 0 aliphatic carbocycles. The summed E-state index contributed by atoms with van der Waals surface area (Å²) < 4.78 is 69.7. The van der Waals surface area contributed by atoms with Crippen LogP contribution in [0.5, 0.6) is 5.75 Å². The summed E-state index contributed by atoms with van der Waals surface area (Å²) in [6.45, 7) is 0.877. The van der Waals surface area contributed by atoms with Gasteiger partial charge in [0.1, 0.15) is 24.8 Å². The Bertz CT molecular complexity index is 1610. The van der Waals surface area contributed by atoms with E-state index in [-0.39, 0.29) is 36.9 Å². The van der Waals surface area contributed by atoms with Crippen LogP contribution in [0.25, 0.3) is 0 Å². The smallest absolute Gasteiger partial charge is 0.481 e. The highest BCUT2D eigenvalue weighted by atomic mass is 32.2. The quantitative estimate of drug-likeness (QED) is 0.290. The third-order valence-corrected chi connectivity index (χ3v) is 8.68. The van der Waals surface area contributed by atoms with Crippen LogP contribution in [-0.4, -0.2) is 92.8 Å². The van der Waals surface area contributed by atoms with Crippen LogP contribution in [-0.2, 0) is 50.3 Å². The summed E-state index contributed by atoms with van der Waals surface area (Å²) in [7, 11) is -4.43. The molecule has 0 saturated carbocycles. The lowest BCUT2D eigenvalue weighted by Gasteiger charge is -2.39. The van der Waals surface area contributed by atoms with Gasteiger partial charge in [0.2, 0.25) is 21.8 Å². The number of aromatic nitrogens is 4. The second-order valence-electron chi connectivity index (χ2n) is 10.1. The number of sulfonamides is 1. The maximum Gasteiger partial charge on any atom is 0.573 e. The minimum absolute atomic E-state index is 0.0717. The number of carboxylic acids is 1. The van der Waals surface area contributed by atoms with Gasteiger partial charge < -0.3 is 20.1 Å². The van der Waals surface area contributed by atoms with Gasteiger partial charge in [0.25, 0.3) is 0 Å². The predicted octanol–water partition coefficient (Wildman–Crippen LogP) is 1.37. The molecule has 3 aromatic rings. The molecular formula is C27H30F3N7O7S. The van der Waals surface area contributed by atoms with E-state index in [1.54, 1.807) is 0 Å². The largest absolute Gasteiger partial charge is 0.573 e. The molecule has 1 aliphatic rings. The van der Waals surface area contributed by atoms with Gasteiger partial charge in [-0.05, 0) is 47.0 Å². The molecule has 1 aromatic heterocycles. The summed E-state index contributed by atoms with van der Waals surface area (Å²) in [5.74, 6) is -3.20. The molecule has 0 spiro atoms. The molecule has 1 fully saturated rings. The number of aliphatic carboxylic acids is 1. The second-order valence-corrected chi connectivity index (χ2v) is 12.0. The van der Waals surface area contributed by atoms with Gasteiger partial charge in [0.15, 0.2) is 5.82 Å². The number of alkyl halides is 3. The minimum atomic E-state index is -4.97. The maximum absolute atomic E-state index is 13.6. The Hall–Kier alpha value is -4.58. The van der Waals surface area contributed by atoms with Gasteiger partial charge in [-0.3, -0.25) is 14.4 Å². The highest BCUT2D eigenvalue weighted by molar-refractivity contribution is 7.89. The van der Waals surface area contributed by atoms with E-state index in [4.69, 9.17) is 5.11 Å². The topological polar surface area (TPSA) is 177 Å². The van der Waals surface area contributed by atoms with E-state index in [1.807, 2.05) is 24.3 Å². The van der Waals surface area contributed by atoms with Gasteiger partial charge in [-0.15, -0.1) is 23.4 Å². The highest BCUT2D eigenvalue weighted by Crippen LogP contribution is 2.27. The number of nitrogens with zero attached hydrogens (tertiary/aromatic N) is 6. The molecule has 0 bridgehead atoms. The van der Waals surface area contributed by atoms with Gasteiger partial charge in [0.05, 0.1) is 4.90 Å². The van der Waals surface area contributed by atoms with Crippen molar-refractivity contribution in [1.29, 1.82) is 0 Å². The fourth-order valence-electron chi connectivity index (χ4n) is 4.63. The lowest BCUT2D eigenvalue weighted by molar-refractivity contribution is -0.274. The van der Waals surface area contributed by atoms with E-state index in [2.05, 4.69) is 32.4 Å². The van der Waals surface area contributed by atoms with Gasteiger partial charge in [-0.1, -0.05) is 37.6 Å². The van der Waals surface area contributed by atoms with Crippen LogP contribution in [0.4, 0.5) is 13.2 Å². The molecule has 18 heteroatoms. The normalized spacial score (nSPS) is 15.9. The van der Waals surface area contributed by atoms with Crippen molar-refractivity contribution >= 4 is 27.8 Å². The van der Waals surface area contributed by atoms with Crippen molar-refractivity contribution < 1.29 is 45.8 Å². The number of carboxylic acid groups (broad SMARTS) is 1. The van der Waals surface area contributed by atoms with Crippen LogP contribution >= 0.6 is 0 Å². The first-order chi connectivity index (χ1) is 21.2. The summed E-state index contributed by atoms with van der Waals surface area (Å²) in [5, 5.41) is 22.7. The molecular weight excluding hydrogens is 623 g/mol. The third kappa shape index (κ3) is 8.98. The number of nitrogens with one attached hydrogen (secondary N) is 1. The molecule has 2 aromatic carbocycles. The molecule has 45 heavy (non-hydrogen) atoms. The van der Waals surface area contributed by atoms with E-state index in [0.717, 1.165) is 57.3 Å². The van der Waals surface area contributed by atoms with Crippen LogP contribution in [0.1, 0.15) is 30.3 Å². The number of hydrogen-bond donors (Lipinski definition) is 2. The van der Waals surface area contributed by atoms with Crippen molar-refractivity contribution in [2.45, 2.75) is 56.6 Å². The minimum Gasteiger partial charge on any atom is -0.481 e. The second kappa shape index (κ2) is 14.0. The van der Waals surface area contributed by atoms with Crippen LogP contribution in [0.2, 0.25) is 0 Å². The molecule has 242 valence electrons. The molecule has 2 N–H and O–H groups in total. The van der Waals surface area contributed by atoms with E-state index < -0.39 is 58.9 Å². The molecule has 1 atom stereocenters. The zero-order valence-corrected chi connectivity index (χ0v) is 24.8. The van der Waals surface area contributed by atoms with E-state index in [1.165, 1.54) is 4.90 Å². The van der Waals surface area contributed by atoms with E-state index in [0.29, 0.717) is 0 Å². The molecule has 1 aliphatic heterocycles. The monoisotopic (exact) mass is 653 g/mol. The number of carbonyl (C=O) groups excluding carboxylic acids is 2. The molecule has 2 amide bonds. The zero-order chi connectivity index (χ0) is 32.8. The summed E-state index contributed by atoms with van der Waals surface area (Å²) in [6.07, 6.45) is -3.62. The number of piperazine rings is 1. The van der Waals surface area contributed by atoms with Gasteiger partial charge in [-0.25, -0.2) is 8.42 Å². The molecule has 2 heterocycles. The average molecular weight is 654 g/mol. The Morgan fingerprint density at radius 2 is 1.71 bits per heavy atom. The summed E-state index contributed by atoms with van der Waals surface area (Å²) in [4.78, 5) is 39.2. The summed E-state index contributed by atoms with van der Waals surface area (Å²) >= 11 is 0. The Labute approximate surface area is 255 Å². The number of amides is 2. The van der Waals surface area contributed by atoms with Crippen molar-refractivity contribution in [3.63, 3.8) is 0 Å². The van der Waals surface area contributed by atoms with Crippen LogP contribution in [0, 0.1) is 0 Å². The predicted molar refractivity (Wildman–Crippen MR) is 149 cm³/mol. The molecule has 1 saturated heterocycles. The first-order valence-electron chi connectivity index (χ1n) is 13.7. The number of halogens is 3. The van der Waals surface area contributed by atoms with Crippen molar-refractivity contribution in [2.75, 3.05) is 19.6 Å². The molecule has 0 unspecified atom stereocenters. The standard InChI is InChI=1S/C27H30F3N7O7S/c1-2-3-18-4-6-19(7-5-18)15-31-26(41)22-16-35(24(38)17-37-33-23(32-34-37)14-25(39)40)12-13-36(22)45(42,43)21-10-8-20(9-11-21)44-27(28,29)30/h4-11,22H,2-3,12-17H2,1H3,(H,31,41)(H,39,40)/t22-/m1/s1. The summed E-state index contributed by atoms with van der Waals surface area (Å²) in [5.41, 5.74) is 1.88. The fourth-order valence-corrected chi connectivity index (χ4v) is 6.20. The number of rotatable bonds is 12. The number of benzene rings is 2. The number of carbonyl (C=O) groups is 3. The fraction of sp³-hybridized carbons (Fsp3) is 0.407. The third-order valence-electron chi connectivity index (χ3n) is 6.76. The van der Waals surface area contributed by atoms with Crippen LogP contribution < -0.4 is 10.1 Å². The average Bonchev–Trinajstić information content (AvgIpc) is 3.41. The molecule has 0 radical (unpaired) electrons. The maximum atomic E-state index is 13.6. The first kappa shape index (κ1) is 33.3. The number of ether oxygens (including phenoxy) is 1. The Morgan fingerprint density at radius 3 is 2.33 bits per heavy atom. The molecule has 14 nitrogen and oxygen atoms in total. The Kier molecular flexibility index (Phi) is 10.4. The van der Waals surface area contributed by atoms with Gasteiger partial charge in [-0.2, -0.15) is 9.10 Å². The Balaban J connectivity index is 1.53. The van der Waals surface area contributed by atoms with Crippen molar-refractivity contribution in [3.05, 3.63) is 65.5 Å². The van der Waals surface area contributed by atoms with Crippen LogP contribution in [0.3, 0.4) is 0 Å². The number of tetrazole rings is 1. The number of aryl methyl sites for hydroxylation is 1. The Morgan fingerprint density at radius 1 is 1.04 bits per heavy atom. The van der Waals surface area contributed by atoms with Crippen molar-refractivity contribution in [2.24, 2.45) is 0 Å². The first-order valence-corrected chi connectivity index (χ1v) is 15.2. The van der Waals surface area contributed by atoms with Gasteiger partial charge in [0, 0.05) is 26.2 Å². The van der Waals surface area contributed by atoms with Gasteiger partial charge >= 0.3 is 12.3 Å². The highest BCUT2D eigenvalue weighted by Gasteiger charge is 2.41. The zero-order valence-electron chi connectivity index (χ0n) is 24.0. The van der Waals surface area contributed by atoms with Crippen LogP contribution in [0.15, 0.2) is 53.4 Å². The lowest BCUT2D eigenvalue weighted by atomic mass is 10.1. The SMILES string of the molecule is CCCc1ccc(CNC(=O)[C@H]2CN(C(=O)Cn3nnc(CC(=O)O)n3)CCN2S(=O)(=O)c2ccc(OC(F)(F)F)cc2)cc1. The van der Waals surface area contributed by atoms with E-state index in [9.17, 15) is 36.0 Å².